The number of carbonyl (C=O) groups is 1. The third kappa shape index (κ3) is 3.04. The summed E-state index contributed by atoms with van der Waals surface area (Å²) in [7, 11) is 1.63. The molecule has 0 bridgehead atoms. The van der Waals surface area contributed by atoms with Crippen LogP contribution >= 0.6 is 11.3 Å². The van der Waals surface area contributed by atoms with E-state index in [2.05, 4.69) is 4.98 Å². The first-order chi connectivity index (χ1) is 11.5. The molecule has 3 aromatic rings. The zero-order chi connectivity index (χ0) is 17.3. The Morgan fingerprint density at radius 1 is 1.33 bits per heavy atom. The van der Waals surface area contributed by atoms with Crippen molar-refractivity contribution in [1.29, 1.82) is 0 Å². The monoisotopic (exact) mass is 343 g/mol. The number of nitrogens with zero attached hydrogens (tertiary/aromatic N) is 2. The van der Waals surface area contributed by atoms with E-state index >= 15 is 0 Å². The maximum Gasteiger partial charge on any atom is 0.270 e. The fraction of sp³-hybridized carbons (Fsp3) is 0.125. The van der Waals surface area contributed by atoms with Crippen LogP contribution in [0.1, 0.15) is 15.9 Å². The largest absolute Gasteiger partial charge is 0.337 e. The molecular formula is C16H13N3O4S. The normalized spacial score (nSPS) is 10.7. The van der Waals surface area contributed by atoms with E-state index in [1.807, 2.05) is 16.8 Å². The van der Waals surface area contributed by atoms with E-state index in [1.165, 1.54) is 40.5 Å². The van der Waals surface area contributed by atoms with Crippen LogP contribution in [0, 0.1) is 10.1 Å². The molecule has 0 saturated carbocycles. The van der Waals surface area contributed by atoms with Crippen molar-refractivity contribution in [1.82, 2.24) is 9.88 Å². The molecule has 1 aromatic carbocycles. The maximum atomic E-state index is 12.7. The smallest absolute Gasteiger partial charge is 0.270 e. The van der Waals surface area contributed by atoms with Crippen molar-refractivity contribution in [3.63, 3.8) is 0 Å². The fourth-order valence-corrected chi connectivity index (χ4v) is 3.13. The van der Waals surface area contributed by atoms with Crippen LogP contribution in [0.2, 0.25) is 0 Å². The van der Waals surface area contributed by atoms with Crippen LogP contribution in [-0.2, 0) is 6.54 Å². The lowest BCUT2D eigenvalue weighted by molar-refractivity contribution is -0.384. The standard InChI is InChI=1S/C16H13N3O4S/c1-18(8-10-4-5-24-9-10)16(21)13-7-15(20)17-14-3-2-11(19(22)23)6-12(13)14/h2-7,9H,8H2,1H3,(H,17,20). The molecule has 0 aliphatic heterocycles. The summed E-state index contributed by atoms with van der Waals surface area (Å²) >= 11 is 1.53. The number of carbonyl (C=O) groups excluding carboxylic acids is 1. The van der Waals surface area contributed by atoms with Crippen LogP contribution in [-0.4, -0.2) is 27.8 Å². The summed E-state index contributed by atoms with van der Waals surface area (Å²) < 4.78 is 0. The van der Waals surface area contributed by atoms with E-state index in [1.54, 1.807) is 7.05 Å². The zero-order valence-corrected chi connectivity index (χ0v) is 13.5. The van der Waals surface area contributed by atoms with E-state index in [4.69, 9.17) is 0 Å². The van der Waals surface area contributed by atoms with Gasteiger partial charge in [0, 0.05) is 42.7 Å². The first kappa shape index (κ1) is 15.9. The van der Waals surface area contributed by atoms with Gasteiger partial charge in [0.25, 0.3) is 11.6 Å². The van der Waals surface area contributed by atoms with Crippen molar-refractivity contribution in [2.24, 2.45) is 0 Å². The topological polar surface area (TPSA) is 96.3 Å². The fourth-order valence-electron chi connectivity index (χ4n) is 2.47. The number of non-ortho nitro benzene ring substituents is 1. The summed E-state index contributed by atoms with van der Waals surface area (Å²) in [6.07, 6.45) is 0. The van der Waals surface area contributed by atoms with Crippen LogP contribution in [0.3, 0.4) is 0 Å². The van der Waals surface area contributed by atoms with Crippen molar-refractivity contribution >= 4 is 33.8 Å². The van der Waals surface area contributed by atoms with Gasteiger partial charge in [-0.15, -0.1) is 0 Å². The number of thiophene rings is 1. The van der Waals surface area contributed by atoms with Crippen LogP contribution in [0.4, 0.5) is 5.69 Å². The molecule has 0 atom stereocenters. The Hall–Kier alpha value is -3.00. The highest BCUT2D eigenvalue weighted by Gasteiger charge is 2.18. The highest BCUT2D eigenvalue weighted by Crippen LogP contribution is 2.23. The van der Waals surface area contributed by atoms with Gasteiger partial charge in [-0.2, -0.15) is 11.3 Å². The van der Waals surface area contributed by atoms with Gasteiger partial charge in [0.1, 0.15) is 0 Å². The number of hydrogen-bond donors (Lipinski definition) is 1. The minimum absolute atomic E-state index is 0.135. The lowest BCUT2D eigenvalue weighted by Gasteiger charge is -2.17. The second kappa shape index (κ2) is 6.25. The molecule has 8 heteroatoms. The van der Waals surface area contributed by atoms with Crippen molar-refractivity contribution in [2.75, 3.05) is 7.05 Å². The van der Waals surface area contributed by atoms with Crippen LogP contribution in [0.25, 0.3) is 10.9 Å². The van der Waals surface area contributed by atoms with E-state index in [0.717, 1.165) is 5.56 Å². The second-order valence-corrected chi connectivity index (χ2v) is 6.11. The van der Waals surface area contributed by atoms with Gasteiger partial charge in [-0.3, -0.25) is 19.7 Å². The summed E-state index contributed by atoms with van der Waals surface area (Å²) in [5.41, 5.74) is 0.958. The Bertz CT molecular complexity index is 979. The molecule has 0 unspecified atom stereocenters. The number of rotatable bonds is 4. The number of aromatic nitrogens is 1. The number of nitrogens with one attached hydrogen (secondary N) is 1. The van der Waals surface area contributed by atoms with Crippen LogP contribution in [0.5, 0.6) is 0 Å². The number of H-pyrrole nitrogens is 1. The average molecular weight is 343 g/mol. The molecule has 0 aliphatic rings. The second-order valence-electron chi connectivity index (χ2n) is 5.33. The number of amides is 1. The first-order valence-electron chi connectivity index (χ1n) is 7.04. The van der Waals surface area contributed by atoms with Crippen molar-refractivity contribution < 1.29 is 9.72 Å². The Labute approximate surface area is 140 Å². The van der Waals surface area contributed by atoms with Gasteiger partial charge < -0.3 is 9.88 Å². The number of fused-ring (bicyclic) bond motifs is 1. The van der Waals surface area contributed by atoms with Gasteiger partial charge in [0.15, 0.2) is 0 Å². The quantitative estimate of drug-likeness (QED) is 0.582. The first-order valence-corrected chi connectivity index (χ1v) is 7.98. The molecule has 0 aliphatic carbocycles. The molecule has 1 amide bonds. The molecule has 1 N–H and O–H groups in total. The van der Waals surface area contributed by atoms with Gasteiger partial charge >= 0.3 is 0 Å². The molecule has 3 rings (SSSR count). The maximum absolute atomic E-state index is 12.7. The summed E-state index contributed by atoms with van der Waals surface area (Å²) in [4.78, 5) is 39.0. The summed E-state index contributed by atoms with van der Waals surface area (Å²) in [6.45, 7) is 0.394. The lowest BCUT2D eigenvalue weighted by Crippen LogP contribution is -2.27. The van der Waals surface area contributed by atoms with Gasteiger partial charge in [0.2, 0.25) is 5.56 Å². The molecule has 7 nitrogen and oxygen atoms in total. The van der Waals surface area contributed by atoms with Gasteiger partial charge in [-0.05, 0) is 28.5 Å². The third-order valence-corrected chi connectivity index (χ3v) is 4.35. The minimum Gasteiger partial charge on any atom is -0.337 e. The Morgan fingerprint density at radius 3 is 2.79 bits per heavy atom. The molecule has 0 radical (unpaired) electrons. The highest BCUT2D eigenvalue weighted by molar-refractivity contribution is 7.07. The number of nitro benzene ring substituents is 1. The van der Waals surface area contributed by atoms with E-state index < -0.39 is 10.5 Å². The Kier molecular flexibility index (Phi) is 4.13. The van der Waals surface area contributed by atoms with Crippen LogP contribution in [0.15, 0.2) is 45.9 Å². The molecule has 2 aromatic heterocycles. The number of hydrogen-bond acceptors (Lipinski definition) is 5. The van der Waals surface area contributed by atoms with Gasteiger partial charge in [-0.1, -0.05) is 0 Å². The SMILES string of the molecule is CN(Cc1ccsc1)C(=O)c1cc(=O)[nH]c2ccc([N+](=O)[O-])cc12. The van der Waals surface area contributed by atoms with Crippen molar-refractivity contribution in [2.45, 2.75) is 6.54 Å². The third-order valence-electron chi connectivity index (χ3n) is 3.61. The summed E-state index contributed by atoms with van der Waals surface area (Å²) in [5.74, 6) is -0.363. The van der Waals surface area contributed by atoms with Crippen molar-refractivity contribution in [3.05, 3.63) is 72.7 Å². The van der Waals surface area contributed by atoms with Crippen LogP contribution < -0.4 is 5.56 Å². The molecular weight excluding hydrogens is 330 g/mol. The molecule has 24 heavy (non-hydrogen) atoms. The summed E-state index contributed by atoms with van der Waals surface area (Å²) in [5, 5.41) is 15.2. The Morgan fingerprint density at radius 2 is 2.12 bits per heavy atom. The predicted molar refractivity (Wildman–Crippen MR) is 91.3 cm³/mol. The highest BCUT2D eigenvalue weighted by atomic mass is 32.1. The number of benzene rings is 1. The molecule has 122 valence electrons. The zero-order valence-electron chi connectivity index (χ0n) is 12.7. The van der Waals surface area contributed by atoms with Crippen molar-refractivity contribution in [3.8, 4) is 0 Å². The van der Waals surface area contributed by atoms with E-state index in [0.29, 0.717) is 17.4 Å². The minimum atomic E-state index is -0.534. The molecule has 0 spiro atoms. The predicted octanol–water partition coefficient (Wildman–Crippen LogP) is 2.77. The summed E-state index contributed by atoms with van der Waals surface area (Å²) in [6, 6.07) is 7.12. The Balaban J connectivity index is 2.06. The number of aromatic amines is 1. The molecule has 0 saturated heterocycles. The molecule has 2 heterocycles. The molecule has 0 fully saturated rings. The lowest BCUT2D eigenvalue weighted by atomic mass is 10.1. The average Bonchev–Trinajstić information content (AvgIpc) is 3.05. The number of pyridine rings is 1. The number of nitro groups is 1. The van der Waals surface area contributed by atoms with E-state index in [9.17, 15) is 19.7 Å². The van der Waals surface area contributed by atoms with E-state index in [-0.39, 0.29) is 17.2 Å². The van der Waals surface area contributed by atoms with Gasteiger partial charge in [-0.25, -0.2) is 0 Å². The van der Waals surface area contributed by atoms with Gasteiger partial charge in [0.05, 0.1) is 10.5 Å².